The molecule has 13 heavy (non-hydrogen) atoms. The van der Waals surface area contributed by atoms with Gasteiger partial charge in [-0.25, -0.2) is 0 Å². The Morgan fingerprint density at radius 2 is 2.46 bits per heavy atom. The minimum absolute atomic E-state index is 0.0656. The summed E-state index contributed by atoms with van der Waals surface area (Å²) in [6.45, 7) is 0.186. The molecule has 0 aliphatic carbocycles. The fourth-order valence-electron chi connectivity index (χ4n) is 1.01. The summed E-state index contributed by atoms with van der Waals surface area (Å²) in [4.78, 5) is 11.3. The van der Waals surface area contributed by atoms with Crippen LogP contribution in [0, 0.1) is 0 Å². The van der Waals surface area contributed by atoms with Gasteiger partial charge in [0.05, 0.1) is 11.6 Å². The topological polar surface area (TPSA) is 54.3 Å². The van der Waals surface area contributed by atoms with E-state index in [9.17, 15) is 4.79 Å². The Balaban J connectivity index is 2.70. The lowest BCUT2D eigenvalue weighted by molar-refractivity contribution is 0.0936. The molecule has 1 amide bonds. The number of rotatable bonds is 3. The lowest BCUT2D eigenvalue weighted by Gasteiger charge is -2.03. The molecule has 0 aliphatic heterocycles. The van der Waals surface area contributed by atoms with E-state index in [4.69, 9.17) is 16.7 Å². The van der Waals surface area contributed by atoms with Crippen molar-refractivity contribution in [1.82, 2.24) is 9.88 Å². The van der Waals surface area contributed by atoms with E-state index in [0.29, 0.717) is 10.7 Å². The lowest BCUT2D eigenvalue weighted by atomic mass is 10.4. The van der Waals surface area contributed by atoms with Crippen LogP contribution in [0.25, 0.3) is 0 Å². The van der Waals surface area contributed by atoms with Gasteiger partial charge in [-0.15, -0.1) is 0 Å². The van der Waals surface area contributed by atoms with Gasteiger partial charge in [-0.2, -0.15) is 0 Å². The number of aromatic nitrogens is 1. The van der Waals surface area contributed by atoms with E-state index in [1.807, 2.05) is 0 Å². The molecule has 0 fully saturated rings. The van der Waals surface area contributed by atoms with Gasteiger partial charge >= 0.3 is 0 Å². The number of nitrogens with zero attached hydrogens (tertiary/aromatic N) is 1. The standard InChI is InChI=1S/C8H11ClN2O2/c1-11-5-6(9)4-7(11)8(13)10-2-3-12/h4-5,12H,2-3H2,1H3,(H,10,13). The van der Waals surface area contributed by atoms with E-state index in [1.54, 1.807) is 23.9 Å². The molecule has 0 aromatic carbocycles. The molecule has 4 nitrogen and oxygen atoms in total. The number of nitrogens with one attached hydrogen (secondary N) is 1. The summed E-state index contributed by atoms with van der Waals surface area (Å²) in [7, 11) is 1.74. The summed E-state index contributed by atoms with van der Waals surface area (Å²) >= 11 is 5.69. The van der Waals surface area contributed by atoms with E-state index in [1.165, 1.54) is 0 Å². The average Bonchev–Trinajstić information content (AvgIpc) is 2.41. The first kappa shape index (κ1) is 10.1. The van der Waals surface area contributed by atoms with Gasteiger partial charge in [0.25, 0.3) is 5.91 Å². The predicted molar refractivity (Wildman–Crippen MR) is 49.8 cm³/mol. The van der Waals surface area contributed by atoms with Crippen LogP contribution in [0.3, 0.4) is 0 Å². The fraction of sp³-hybridized carbons (Fsp3) is 0.375. The van der Waals surface area contributed by atoms with E-state index in [2.05, 4.69) is 5.32 Å². The molecule has 1 heterocycles. The number of halogens is 1. The zero-order valence-corrected chi connectivity index (χ0v) is 8.01. The molecule has 0 spiro atoms. The van der Waals surface area contributed by atoms with Crippen LogP contribution < -0.4 is 5.32 Å². The molecule has 0 saturated heterocycles. The lowest BCUT2D eigenvalue weighted by Crippen LogP contribution is -2.27. The summed E-state index contributed by atoms with van der Waals surface area (Å²) in [6.07, 6.45) is 1.65. The second-order valence-electron chi connectivity index (χ2n) is 2.63. The maximum atomic E-state index is 11.3. The molecule has 72 valence electrons. The molecule has 5 heteroatoms. The number of carbonyl (C=O) groups excluding carboxylic acids is 1. The zero-order chi connectivity index (χ0) is 9.84. The minimum Gasteiger partial charge on any atom is -0.395 e. The third-order valence-corrected chi connectivity index (χ3v) is 1.81. The number of aliphatic hydroxyl groups is 1. The van der Waals surface area contributed by atoms with Gasteiger partial charge in [0, 0.05) is 19.8 Å². The normalized spacial score (nSPS) is 10.1. The third kappa shape index (κ3) is 2.47. The van der Waals surface area contributed by atoms with Gasteiger partial charge in [0.2, 0.25) is 0 Å². The summed E-state index contributed by atoms with van der Waals surface area (Å²) in [5.41, 5.74) is 0.485. The second-order valence-corrected chi connectivity index (χ2v) is 3.07. The second kappa shape index (κ2) is 4.30. The zero-order valence-electron chi connectivity index (χ0n) is 7.25. The van der Waals surface area contributed by atoms with Gasteiger partial charge in [-0.05, 0) is 6.07 Å². The van der Waals surface area contributed by atoms with Gasteiger partial charge in [-0.1, -0.05) is 11.6 Å². The number of amides is 1. The Morgan fingerprint density at radius 1 is 1.77 bits per heavy atom. The Kier molecular flexibility index (Phi) is 3.33. The average molecular weight is 203 g/mol. The molecular formula is C8H11ClN2O2. The van der Waals surface area contributed by atoms with Crippen molar-refractivity contribution in [1.29, 1.82) is 0 Å². The number of aliphatic hydroxyl groups excluding tert-OH is 1. The van der Waals surface area contributed by atoms with Crippen molar-refractivity contribution >= 4 is 17.5 Å². The quantitative estimate of drug-likeness (QED) is 0.746. The number of carbonyl (C=O) groups is 1. The monoisotopic (exact) mass is 202 g/mol. The fourth-order valence-corrected chi connectivity index (χ4v) is 1.26. The van der Waals surface area contributed by atoms with Crippen LogP contribution in [0.15, 0.2) is 12.3 Å². The number of hydrogen-bond donors (Lipinski definition) is 2. The van der Waals surface area contributed by atoms with E-state index >= 15 is 0 Å². The smallest absolute Gasteiger partial charge is 0.268 e. The first-order valence-corrected chi connectivity index (χ1v) is 4.24. The van der Waals surface area contributed by atoms with E-state index < -0.39 is 0 Å². The summed E-state index contributed by atoms with van der Waals surface area (Å²) in [6, 6.07) is 1.58. The van der Waals surface area contributed by atoms with Gasteiger partial charge in [0.1, 0.15) is 5.69 Å². The predicted octanol–water partition coefficient (Wildman–Crippen LogP) is 0.401. The van der Waals surface area contributed by atoms with Crippen LogP contribution in [-0.2, 0) is 7.05 Å². The maximum absolute atomic E-state index is 11.3. The van der Waals surface area contributed by atoms with E-state index in [-0.39, 0.29) is 19.1 Å². The highest BCUT2D eigenvalue weighted by atomic mass is 35.5. The van der Waals surface area contributed by atoms with Crippen molar-refractivity contribution in [3.05, 3.63) is 23.0 Å². The van der Waals surface area contributed by atoms with Crippen LogP contribution in [0.4, 0.5) is 0 Å². The van der Waals surface area contributed by atoms with Gasteiger partial charge in [0.15, 0.2) is 0 Å². The van der Waals surface area contributed by atoms with Crippen molar-refractivity contribution in [3.63, 3.8) is 0 Å². The molecule has 1 rings (SSSR count). The summed E-state index contributed by atoms with van der Waals surface area (Å²) in [5.74, 6) is -0.233. The van der Waals surface area contributed by atoms with Crippen molar-refractivity contribution < 1.29 is 9.90 Å². The maximum Gasteiger partial charge on any atom is 0.268 e. The Morgan fingerprint density at radius 3 is 2.92 bits per heavy atom. The van der Waals surface area contributed by atoms with E-state index in [0.717, 1.165) is 0 Å². The molecule has 0 unspecified atom stereocenters. The number of aryl methyl sites for hydroxylation is 1. The molecule has 0 aliphatic rings. The van der Waals surface area contributed by atoms with Crippen molar-refractivity contribution in [3.8, 4) is 0 Å². The van der Waals surface area contributed by atoms with Gasteiger partial charge in [-0.3, -0.25) is 4.79 Å². The largest absolute Gasteiger partial charge is 0.395 e. The highest BCUT2D eigenvalue weighted by Gasteiger charge is 2.09. The number of hydrogen-bond acceptors (Lipinski definition) is 2. The highest BCUT2D eigenvalue weighted by Crippen LogP contribution is 2.12. The molecule has 0 atom stereocenters. The molecule has 0 bridgehead atoms. The van der Waals surface area contributed by atoms with Crippen LogP contribution in [0.5, 0.6) is 0 Å². The molecule has 0 saturated carbocycles. The molecule has 1 aromatic rings. The van der Waals surface area contributed by atoms with Crippen LogP contribution in [0.2, 0.25) is 5.02 Å². The molecule has 1 aromatic heterocycles. The Hall–Kier alpha value is -1.00. The molecular weight excluding hydrogens is 192 g/mol. The van der Waals surface area contributed by atoms with Crippen LogP contribution >= 0.6 is 11.6 Å². The van der Waals surface area contributed by atoms with Crippen molar-refractivity contribution in [2.45, 2.75) is 0 Å². The van der Waals surface area contributed by atoms with Crippen LogP contribution in [-0.4, -0.2) is 28.7 Å². The van der Waals surface area contributed by atoms with Gasteiger partial charge < -0.3 is 15.0 Å². The van der Waals surface area contributed by atoms with Crippen LogP contribution in [0.1, 0.15) is 10.5 Å². The molecule has 0 radical (unpaired) electrons. The summed E-state index contributed by atoms with van der Waals surface area (Å²) in [5, 5.41) is 11.5. The first-order chi connectivity index (χ1) is 6.15. The SMILES string of the molecule is Cn1cc(Cl)cc1C(=O)NCCO. The summed E-state index contributed by atoms with van der Waals surface area (Å²) < 4.78 is 1.63. The Bertz CT molecular complexity index is 309. The third-order valence-electron chi connectivity index (χ3n) is 1.60. The first-order valence-electron chi connectivity index (χ1n) is 3.86. The molecule has 2 N–H and O–H groups in total. The van der Waals surface area contributed by atoms with Crippen molar-refractivity contribution in [2.24, 2.45) is 7.05 Å². The Labute approximate surface area is 81.1 Å². The minimum atomic E-state index is -0.233. The van der Waals surface area contributed by atoms with Crippen molar-refractivity contribution in [2.75, 3.05) is 13.2 Å². The highest BCUT2D eigenvalue weighted by molar-refractivity contribution is 6.31.